The minimum Gasteiger partial charge on any atom is -0.379 e. The molecule has 0 aliphatic carbocycles. The van der Waals surface area contributed by atoms with Crippen molar-refractivity contribution < 1.29 is 14.1 Å². The van der Waals surface area contributed by atoms with Gasteiger partial charge in [-0.25, -0.2) is 0 Å². The van der Waals surface area contributed by atoms with Crippen LogP contribution in [0.2, 0.25) is 0 Å². The molecule has 2 aliphatic heterocycles. The number of piperidine rings is 1. The summed E-state index contributed by atoms with van der Waals surface area (Å²) in [6.07, 6.45) is 2.39. The number of carbonyl (C=O) groups excluding carboxylic acids is 1. The molecule has 1 aromatic carbocycles. The second kappa shape index (κ2) is 8.05. The van der Waals surface area contributed by atoms with Crippen molar-refractivity contribution in [1.82, 2.24) is 15.4 Å². The number of aromatic nitrogens is 1. The van der Waals surface area contributed by atoms with Crippen LogP contribution in [0.5, 0.6) is 0 Å². The van der Waals surface area contributed by atoms with Crippen LogP contribution in [0.15, 0.2) is 40.9 Å². The lowest BCUT2D eigenvalue weighted by Crippen LogP contribution is -2.54. The van der Waals surface area contributed by atoms with Gasteiger partial charge in [-0.3, -0.25) is 4.79 Å². The number of hydrogen-bond donors (Lipinski definition) is 1. The Labute approximate surface area is 166 Å². The van der Waals surface area contributed by atoms with E-state index in [2.05, 4.69) is 34.6 Å². The maximum atomic E-state index is 13.6. The van der Waals surface area contributed by atoms with Crippen molar-refractivity contribution in [3.8, 4) is 0 Å². The number of ether oxygens (including phenoxy) is 1. The number of benzene rings is 1. The SMILES string of the molecule is Cc1cc(C[C@@H]2COC[C@@H]2NC(=O)C2(c3ccccc3)CCN(C)CC2)on1. The van der Waals surface area contributed by atoms with Crippen LogP contribution < -0.4 is 5.32 Å². The first-order valence-corrected chi connectivity index (χ1v) is 10.1. The number of likely N-dealkylation sites (tertiary alicyclic amines) is 1. The summed E-state index contributed by atoms with van der Waals surface area (Å²) in [5.74, 6) is 1.18. The van der Waals surface area contributed by atoms with E-state index in [1.807, 2.05) is 31.2 Å². The van der Waals surface area contributed by atoms with Gasteiger partial charge in [-0.1, -0.05) is 35.5 Å². The van der Waals surface area contributed by atoms with Gasteiger partial charge in [0.2, 0.25) is 5.91 Å². The zero-order chi connectivity index (χ0) is 19.6. The quantitative estimate of drug-likeness (QED) is 0.858. The first-order valence-electron chi connectivity index (χ1n) is 10.1. The highest BCUT2D eigenvalue weighted by Gasteiger charge is 2.44. The molecule has 2 saturated heterocycles. The average Bonchev–Trinajstić information content (AvgIpc) is 3.32. The van der Waals surface area contributed by atoms with Crippen LogP contribution >= 0.6 is 0 Å². The highest BCUT2D eigenvalue weighted by atomic mass is 16.5. The van der Waals surface area contributed by atoms with Gasteiger partial charge in [0, 0.05) is 18.4 Å². The van der Waals surface area contributed by atoms with Crippen LogP contribution in [0, 0.1) is 12.8 Å². The lowest BCUT2D eigenvalue weighted by atomic mass is 9.71. The molecule has 3 heterocycles. The highest BCUT2D eigenvalue weighted by molar-refractivity contribution is 5.88. The molecule has 2 aromatic rings. The predicted molar refractivity (Wildman–Crippen MR) is 106 cm³/mol. The summed E-state index contributed by atoms with van der Waals surface area (Å²) >= 11 is 0. The normalized spacial score (nSPS) is 24.9. The van der Waals surface area contributed by atoms with Crippen molar-refractivity contribution >= 4 is 5.91 Å². The fourth-order valence-electron chi connectivity index (χ4n) is 4.44. The van der Waals surface area contributed by atoms with Crippen molar-refractivity contribution in [2.24, 2.45) is 5.92 Å². The molecule has 0 radical (unpaired) electrons. The molecule has 4 rings (SSSR count). The molecule has 2 aliphatic rings. The van der Waals surface area contributed by atoms with Gasteiger partial charge in [0.1, 0.15) is 5.76 Å². The maximum absolute atomic E-state index is 13.6. The zero-order valence-corrected chi connectivity index (χ0v) is 16.7. The van der Waals surface area contributed by atoms with Crippen molar-refractivity contribution in [1.29, 1.82) is 0 Å². The lowest BCUT2D eigenvalue weighted by Gasteiger charge is -2.40. The van der Waals surface area contributed by atoms with E-state index >= 15 is 0 Å². The van der Waals surface area contributed by atoms with Crippen LogP contribution in [0.1, 0.15) is 29.9 Å². The van der Waals surface area contributed by atoms with E-state index in [0.717, 1.165) is 49.4 Å². The number of carbonyl (C=O) groups is 1. The van der Waals surface area contributed by atoms with Crippen molar-refractivity contribution in [2.75, 3.05) is 33.4 Å². The lowest BCUT2D eigenvalue weighted by molar-refractivity contribution is -0.129. The Balaban J connectivity index is 1.51. The topological polar surface area (TPSA) is 67.6 Å². The molecular formula is C22H29N3O3. The minimum atomic E-state index is -0.469. The summed E-state index contributed by atoms with van der Waals surface area (Å²) in [5.41, 5.74) is 1.52. The second-order valence-electron chi connectivity index (χ2n) is 8.27. The van der Waals surface area contributed by atoms with E-state index in [1.165, 1.54) is 0 Å². The first kappa shape index (κ1) is 19.2. The summed E-state index contributed by atoms with van der Waals surface area (Å²) in [4.78, 5) is 15.9. The Morgan fingerprint density at radius 1 is 1.25 bits per heavy atom. The van der Waals surface area contributed by atoms with Crippen LogP contribution in [-0.4, -0.2) is 55.4 Å². The monoisotopic (exact) mass is 383 g/mol. The highest BCUT2D eigenvalue weighted by Crippen LogP contribution is 2.36. The van der Waals surface area contributed by atoms with Gasteiger partial charge >= 0.3 is 0 Å². The molecule has 6 heteroatoms. The molecule has 2 fully saturated rings. The van der Waals surface area contributed by atoms with E-state index in [4.69, 9.17) is 9.26 Å². The summed E-state index contributed by atoms with van der Waals surface area (Å²) in [5, 5.41) is 7.30. The van der Waals surface area contributed by atoms with Crippen LogP contribution in [-0.2, 0) is 21.4 Å². The molecular weight excluding hydrogens is 354 g/mol. The van der Waals surface area contributed by atoms with Gasteiger partial charge < -0.3 is 19.5 Å². The molecule has 1 N–H and O–H groups in total. The zero-order valence-electron chi connectivity index (χ0n) is 16.7. The summed E-state index contributed by atoms with van der Waals surface area (Å²) in [6, 6.07) is 12.2. The van der Waals surface area contributed by atoms with Crippen LogP contribution in [0.3, 0.4) is 0 Å². The predicted octanol–water partition coefficient (Wildman–Crippen LogP) is 2.32. The van der Waals surface area contributed by atoms with E-state index in [9.17, 15) is 4.79 Å². The number of rotatable bonds is 5. The van der Waals surface area contributed by atoms with Gasteiger partial charge in [0.25, 0.3) is 0 Å². The molecule has 2 atom stereocenters. The van der Waals surface area contributed by atoms with Gasteiger partial charge in [0.15, 0.2) is 0 Å². The Hall–Kier alpha value is -2.18. The Morgan fingerprint density at radius 3 is 2.68 bits per heavy atom. The van der Waals surface area contributed by atoms with Gasteiger partial charge in [-0.2, -0.15) is 0 Å². The number of nitrogens with zero attached hydrogens (tertiary/aromatic N) is 2. The fraction of sp³-hybridized carbons (Fsp3) is 0.545. The Morgan fingerprint density at radius 2 is 2.00 bits per heavy atom. The third-order valence-corrected chi connectivity index (χ3v) is 6.26. The fourth-order valence-corrected chi connectivity index (χ4v) is 4.44. The van der Waals surface area contributed by atoms with Crippen molar-refractivity contribution in [3.05, 3.63) is 53.4 Å². The van der Waals surface area contributed by atoms with Crippen LogP contribution in [0.25, 0.3) is 0 Å². The molecule has 28 heavy (non-hydrogen) atoms. The van der Waals surface area contributed by atoms with E-state index in [1.54, 1.807) is 0 Å². The first-order chi connectivity index (χ1) is 13.6. The molecule has 1 aromatic heterocycles. The Bertz CT molecular complexity index is 796. The molecule has 1 amide bonds. The molecule has 0 unspecified atom stereocenters. The standard InChI is InChI=1S/C22H29N3O3/c1-16-12-19(28-24-16)13-17-14-27-15-20(17)23-21(26)22(8-10-25(2)11-9-22)18-6-4-3-5-7-18/h3-7,12,17,20H,8-11,13-15H2,1-2H3,(H,23,26)/t17-,20+/m1/s1. The van der Waals surface area contributed by atoms with Gasteiger partial charge in [-0.05, 0) is 45.5 Å². The summed E-state index contributed by atoms with van der Waals surface area (Å²) < 4.78 is 11.1. The van der Waals surface area contributed by atoms with Crippen LogP contribution in [0.4, 0.5) is 0 Å². The molecule has 0 saturated carbocycles. The molecule has 6 nitrogen and oxygen atoms in total. The van der Waals surface area contributed by atoms with Crippen molar-refractivity contribution in [3.63, 3.8) is 0 Å². The second-order valence-corrected chi connectivity index (χ2v) is 8.27. The number of aryl methyl sites for hydroxylation is 1. The molecule has 0 bridgehead atoms. The minimum absolute atomic E-state index is 0.00171. The Kier molecular flexibility index (Phi) is 5.51. The number of amides is 1. The third kappa shape index (κ3) is 3.84. The number of hydrogen-bond acceptors (Lipinski definition) is 5. The average molecular weight is 383 g/mol. The number of nitrogens with one attached hydrogen (secondary N) is 1. The van der Waals surface area contributed by atoms with Gasteiger partial charge in [-0.15, -0.1) is 0 Å². The molecule has 150 valence electrons. The maximum Gasteiger partial charge on any atom is 0.231 e. The third-order valence-electron chi connectivity index (χ3n) is 6.26. The molecule has 0 spiro atoms. The smallest absolute Gasteiger partial charge is 0.231 e. The van der Waals surface area contributed by atoms with Crippen molar-refractivity contribution in [2.45, 2.75) is 37.6 Å². The van der Waals surface area contributed by atoms with Gasteiger partial charge in [0.05, 0.1) is 30.4 Å². The van der Waals surface area contributed by atoms with E-state index in [0.29, 0.717) is 13.2 Å². The largest absolute Gasteiger partial charge is 0.379 e. The van der Waals surface area contributed by atoms with E-state index in [-0.39, 0.29) is 17.9 Å². The van der Waals surface area contributed by atoms with E-state index < -0.39 is 5.41 Å². The summed E-state index contributed by atoms with van der Waals surface area (Å²) in [6.45, 7) is 4.94. The summed E-state index contributed by atoms with van der Waals surface area (Å²) in [7, 11) is 2.12.